The second kappa shape index (κ2) is 7.92. The molecule has 3 aromatic rings. The summed E-state index contributed by atoms with van der Waals surface area (Å²) in [6, 6.07) is 9.00. The Bertz CT molecular complexity index is 1280. The van der Waals surface area contributed by atoms with Crippen LogP contribution < -0.4 is 11.5 Å². The van der Waals surface area contributed by atoms with Crippen LogP contribution in [0.3, 0.4) is 0 Å². The monoisotopic (exact) mass is 432 g/mol. The number of nitrogens with two attached hydrogens (primary N) is 2. The minimum absolute atomic E-state index is 0.00550. The van der Waals surface area contributed by atoms with Gasteiger partial charge >= 0.3 is 0 Å². The number of aromatic hydroxyl groups is 3. The summed E-state index contributed by atoms with van der Waals surface area (Å²) in [5.41, 5.74) is 12.6. The number of phenols is 3. The molecule has 0 fully saturated rings. The van der Waals surface area contributed by atoms with Crippen LogP contribution in [0.15, 0.2) is 36.4 Å². The summed E-state index contributed by atoms with van der Waals surface area (Å²) in [4.78, 5) is 26.4. The SMILES string of the molecule is CCCCCc1ccc(O)c(-c2cc(N)c3c(c2O)C(=O)c2c(N)ccc(O)c2C3=O)c1. The Hall–Kier alpha value is -4.00. The van der Waals surface area contributed by atoms with Gasteiger partial charge in [0.1, 0.15) is 17.2 Å². The molecule has 1 aliphatic carbocycles. The van der Waals surface area contributed by atoms with Gasteiger partial charge in [0.2, 0.25) is 11.6 Å². The molecule has 0 bridgehead atoms. The number of anilines is 2. The van der Waals surface area contributed by atoms with Crippen LogP contribution in [0.4, 0.5) is 11.4 Å². The lowest BCUT2D eigenvalue weighted by molar-refractivity contribution is 0.0975. The number of benzene rings is 3. The molecule has 7 N–H and O–H groups in total. The molecular formula is C25H24N2O5. The Morgan fingerprint density at radius 3 is 2.09 bits per heavy atom. The van der Waals surface area contributed by atoms with E-state index in [2.05, 4.69) is 6.92 Å². The van der Waals surface area contributed by atoms with E-state index >= 15 is 0 Å². The van der Waals surface area contributed by atoms with E-state index in [0.29, 0.717) is 5.56 Å². The van der Waals surface area contributed by atoms with Gasteiger partial charge in [0, 0.05) is 22.5 Å². The highest BCUT2D eigenvalue weighted by Gasteiger charge is 2.38. The van der Waals surface area contributed by atoms with E-state index in [1.807, 2.05) is 6.07 Å². The van der Waals surface area contributed by atoms with Crippen LogP contribution in [0, 0.1) is 0 Å². The maximum absolute atomic E-state index is 13.3. The van der Waals surface area contributed by atoms with Gasteiger partial charge < -0.3 is 26.8 Å². The first-order valence-corrected chi connectivity index (χ1v) is 10.4. The molecule has 7 nitrogen and oxygen atoms in total. The molecule has 0 saturated heterocycles. The number of fused-ring (bicyclic) bond motifs is 2. The van der Waals surface area contributed by atoms with E-state index in [4.69, 9.17) is 11.5 Å². The predicted octanol–water partition coefficient (Wildman–Crippen LogP) is 4.14. The van der Waals surface area contributed by atoms with Crippen LogP contribution in [-0.2, 0) is 6.42 Å². The maximum atomic E-state index is 13.3. The van der Waals surface area contributed by atoms with Crippen LogP contribution in [-0.4, -0.2) is 26.9 Å². The molecule has 3 aromatic carbocycles. The summed E-state index contributed by atoms with van der Waals surface area (Å²) in [7, 11) is 0. The number of hydrogen-bond donors (Lipinski definition) is 5. The van der Waals surface area contributed by atoms with Crippen LogP contribution in [0.1, 0.15) is 63.6 Å². The van der Waals surface area contributed by atoms with Crippen molar-refractivity contribution in [3.05, 3.63) is 64.2 Å². The Morgan fingerprint density at radius 1 is 0.719 bits per heavy atom. The van der Waals surface area contributed by atoms with Crippen molar-refractivity contribution < 1.29 is 24.9 Å². The molecule has 0 aromatic heterocycles. The number of carbonyl (C=O) groups excluding carboxylic acids is 2. The minimum atomic E-state index is -0.715. The number of phenolic OH excluding ortho intramolecular Hbond substituents is 3. The zero-order valence-electron chi connectivity index (χ0n) is 17.6. The third-order valence-electron chi connectivity index (χ3n) is 5.87. The largest absolute Gasteiger partial charge is 0.507 e. The van der Waals surface area contributed by atoms with Crippen molar-refractivity contribution in [2.75, 3.05) is 11.5 Å². The van der Waals surface area contributed by atoms with Gasteiger partial charge in [0.25, 0.3) is 0 Å². The Kier molecular flexibility index (Phi) is 5.26. The van der Waals surface area contributed by atoms with Crippen molar-refractivity contribution in [1.29, 1.82) is 0 Å². The number of unbranched alkanes of at least 4 members (excludes halogenated alkanes) is 2. The fraction of sp³-hybridized carbons (Fsp3) is 0.200. The normalized spacial score (nSPS) is 12.5. The zero-order valence-corrected chi connectivity index (χ0v) is 17.6. The quantitative estimate of drug-likeness (QED) is 0.181. The summed E-state index contributed by atoms with van der Waals surface area (Å²) in [5, 5.41) is 31.7. The maximum Gasteiger partial charge on any atom is 0.200 e. The second-order valence-electron chi connectivity index (χ2n) is 8.00. The van der Waals surface area contributed by atoms with E-state index in [0.717, 1.165) is 31.2 Å². The minimum Gasteiger partial charge on any atom is -0.507 e. The number of ketones is 2. The topological polar surface area (TPSA) is 147 Å². The highest BCUT2D eigenvalue weighted by Crippen LogP contribution is 2.46. The fourth-order valence-electron chi connectivity index (χ4n) is 4.23. The van der Waals surface area contributed by atoms with Gasteiger partial charge in [-0.1, -0.05) is 25.8 Å². The number of aryl methyl sites for hydroxylation is 1. The van der Waals surface area contributed by atoms with Crippen LogP contribution >= 0.6 is 0 Å². The molecule has 4 rings (SSSR count). The smallest absolute Gasteiger partial charge is 0.200 e. The molecule has 32 heavy (non-hydrogen) atoms. The number of nitrogen functional groups attached to an aromatic ring is 2. The Labute approximate surface area is 184 Å². The van der Waals surface area contributed by atoms with E-state index < -0.39 is 23.1 Å². The highest BCUT2D eigenvalue weighted by molar-refractivity contribution is 6.33. The molecule has 0 radical (unpaired) electrons. The zero-order chi connectivity index (χ0) is 23.2. The van der Waals surface area contributed by atoms with Crippen molar-refractivity contribution in [2.45, 2.75) is 32.6 Å². The number of carbonyl (C=O) groups is 2. The first kappa shape index (κ1) is 21.2. The third-order valence-corrected chi connectivity index (χ3v) is 5.87. The molecule has 7 heteroatoms. The van der Waals surface area contributed by atoms with Gasteiger partial charge in [-0.15, -0.1) is 0 Å². The predicted molar refractivity (Wildman–Crippen MR) is 122 cm³/mol. The highest BCUT2D eigenvalue weighted by atomic mass is 16.3. The first-order chi connectivity index (χ1) is 15.3. The molecule has 0 atom stereocenters. The molecule has 0 aliphatic heterocycles. The van der Waals surface area contributed by atoms with Gasteiger partial charge in [0.05, 0.1) is 22.3 Å². The van der Waals surface area contributed by atoms with Crippen LogP contribution in [0.2, 0.25) is 0 Å². The van der Waals surface area contributed by atoms with E-state index in [-0.39, 0.29) is 44.9 Å². The van der Waals surface area contributed by atoms with Crippen LogP contribution in [0.5, 0.6) is 17.2 Å². The van der Waals surface area contributed by atoms with Gasteiger partial charge in [-0.25, -0.2) is 0 Å². The van der Waals surface area contributed by atoms with E-state index in [1.54, 1.807) is 6.07 Å². The summed E-state index contributed by atoms with van der Waals surface area (Å²) in [5.74, 6) is -2.37. The molecule has 0 spiro atoms. The van der Waals surface area contributed by atoms with Gasteiger partial charge in [-0.3, -0.25) is 9.59 Å². The first-order valence-electron chi connectivity index (χ1n) is 10.4. The van der Waals surface area contributed by atoms with E-state index in [9.17, 15) is 24.9 Å². The van der Waals surface area contributed by atoms with Gasteiger partial charge in [0.15, 0.2) is 0 Å². The lowest BCUT2D eigenvalue weighted by Gasteiger charge is -2.23. The third kappa shape index (κ3) is 3.22. The Morgan fingerprint density at radius 2 is 1.38 bits per heavy atom. The van der Waals surface area contributed by atoms with Crippen molar-refractivity contribution in [1.82, 2.24) is 0 Å². The summed E-state index contributed by atoms with van der Waals surface area (Å²) >= 11 is 0. The molecule has 164 valence electrons. The van der Waals surface area contributed by atoms with E-state index in [1.165, 1.54) is 24.3 Å². The molecule has 0 amide bonds. The molecule has 0 unspecified atom stereocenters. The van der Waals surface area contributed by atoms with Crippen molar-refractivity contribution in [3.8, 4) is 28.4 Å². The molecule has 1 aliphatic rings. The lowest BCUT2D eigenvalue weighted by atomic mass is 9.79. The standard InChI is InChI=1S/C25H24N2O5/c1-2-3-4-5-12-6-8-17(28)13(10-12)14-11-16(27)20-22(23(14)30)25(32)19-15(26)7-9-18(29)21(19)24(20)31/h6-11,28-30H,2-5,26-27H2,1H3. The summed E-state index contributed by atoms with van der Waals surface area (Å²) < 4.78 is 0. The van der Waals surface area contributed by atoms with Crippen LogP contribution in [0.25, 0.3) is 11.1 Å². The summed E-state index contributed by atoms with van der Waals surface area (Å²) in [6.07, 6.45) is 3.91. The fourth-order valence-corrected chi connectivity index (χ4v) is 4.23. The molecule has 0 heterocycles. The molecule has 0 saturated carbocycles. The average Bonchev–Trinajstić information content (AvgIpc) is 2.76. The van der Waals surface area contributed by atoms with Crippen molar-refractivity contribution in [2.24, 2.45) is 0 Å². The number of hydrogen-bond acceptors (Lipinski definition) is 7. The van der Waals surface area contributed by atoms with Crippen molar-refractivity contribution in [3.63, 3.8) is 0 Å². The number of rotatable bonds is 5. The van der Waals surface area contributed by atoms with Gasteiger partial charge in [-0.2, -0.15) is 0 Å². The Balaban J connectivity index is 1.91. The van der Waals surface area contributed by atoms with Gasteiger partial charge in [-0.05, 0) is 48.7 Å². The molecular weight excluding hydrogens is 408 g/mol. The van der Waals surface area contributed by atoms with Crippen molar-refractivity contribution >= 4 is 22.9 Å². The second-order valence-corrected chi connectivity index (χ2v) is 8.00. The summed E-state index contributed by atoms with van der Waals surface area (Å²) in [6.45, 7) is 2.11. The lowest BCUT2D eigenvalue weighted by Crippen LogP contribution is -2.24. The average molecular weight is 432 g/mol.